The minimum atomic E-state index is -0.317. The highest BCUT2D eigenvalue weighted by Crippen LogP contribution is 2.39. The SMILES string of the molecule is CCOC1(c2noc(C(C)NC)n2)CCCCC1. The minimum Gasteiger partial charge on any atom is -0.367 e. The smallest absolute Gasteiger partial charge is 0.243 e. The molecule has 0 aromatic carbocycles. The van der Waals surface area contributed by atoms with Crippen molar-refractivity contribution >= 4 is 0 Å². The number of hydrogen-bond acceptors (Lipinski definition) is 5. The number of nitrogens with zero attached hydrogens (tertiary/aromatic N) is 2. The molecule has 0 radical (unpaired) electrons. The lowest BCUT2D eigenvalue weighted by Gasteiger charge is -2.33. The van der Waals surface area contributed by atoms with Gasteiger partial charge >= 0.3 is 0 Å². The molecule has 1 aromatic rings. The van der Waals surface area contributed by atoms with Gasteiger partial charge in [0.05, 0.1) is 6.04 Å². The molecular weight excluding hydrogens is 230 g/mol. The summed E-state index contributed by atoms with van der Waals surface area (Å²) in [5.74, 6) is 1.36. The van der Waals surface area contributed by atoms with E-state index in [0.717, 1.165) is 18.7 Å². The average Bonchev–Trinajstić information content (AvgIpc) is 2.89. The molecule has 5 nitrogen and oxygen atoms in total. The summed E-state index contributed by atoms with van der Waals surface area (Å²) in [6, 6.07) is 0.0773. The molecule has 1 unspecified atom stereocenters. The molecule has 0 aliphatic heterocycles. The molecular formula is C13H23N3O2. The standard InChI is InChI=1S/C13H23N3O2/c1-4-17-13(8-6-5-7-9-13)12-15-11(18-16-12)10(2)14-3/h10,14H,4-9H2,1-3H3. The summed E-state index contributed by atoms with van der Waals surface area (Å²) in [6.07, 6.45) is 5.60. The van der Waals surface area contributed by atoms with Crippen molar-refractivity contribution in [3.63, 3.8) is 0 Å². The summed E-state index contributed by atoms with van der Waals surface area (Å²) >= 11 is 0. The van der Waals surface area contributed by atoms with Gasteiger partial charge in [-0.25, -0.2) is 0 Å². The zero-order valence-corrected chi connectivity index (χ0v) is 11.5. The van der Waals surface area contributed by atoms with Crippen LogP contribution in [0, 0.1) is 0 Å². The first-order valence-corrected chi connectivity index (χ1v) is 6.87. The van der Waals surface area contributed by atoms with Gasteiger partial charge in [-0.05, 0) is 33.7 Å². The highest BCUT2D eigenvalue weighted by Gasteiger charge is 2.39. The molecule has 1 fully saturated rings. The first-order chi connectivity index (χ1) is 8.72. The Morgan fingerprint density at radius 3 is 2.72 bits per heavy atom. The van der Waals surface area contributed by atoms with Gasteiger partial charge in [0.15, 0.2) is 0 Å². The Morgan fingerprint density at radius 1 is 1.39 bits per heavy atom. The van der Waals surface area contributed by atoms with Crippen molar-refractivity contribution in [2.75, 3.05) is 13.7 Å². The van der Waals surface area contributed by atoms with E-state index in [1.807, 2.05) is 20.9 Å². The third kappa shape index (κ3) is 2.57. The fourth-order valence-corrected chi connectivity index (χ4v) is 2.55. The molecule has 1 N–H and O–H groups in total. The predicted octanol–water partition coefficient (Wildman–Crippen LogP) is 2.55. The van der Waals surface area contributed by atoms with Crippen LogP contribution in [0.3, 0.4) is 0 Å². The third-order valence-corrected chi connectivity index (χ3v) is 3.73. The summed E-state index contributed by atoms with van der Waals surface area (Å²) in [4.78, 5) is 4.53. The van der Waals surface area contributed by atoms with E-state index in [0.29, 0.717) is 12.5 Å². The zero-order chi connectivity index (χ0) is 13.0. The molecule has 1 aliphatic rings. The lowest BCUT2D eigenvalue weighted by atomic mass is 9.84. The Bertz CT molecular complexity index is 367. The Balaban J connectivity index is 2.22. The fraction of sp³-hybridized carbons (Fsp3) is 0.846. The van der Waals surface area contributed by atoms with Gasteiger partial charge in [-0.15, -0.1) is 0 Å². The van der Waals surface area contributed by atoms with Crippen molar-refractivity contribution in [3.8, 4) is 0 Å². The molecule has 0 amide bonds. The van der Waals surface area contributed by atoms with Gasteiger partial charge in [0.1, 0.15) is 5.60 Å². The van der Waals surface area contributed by atoms with Crippen LogP contribution in [0.25, 0.3) is 0 Å². The molecule has 1 aromatic heterocycles. The molecule has 1 aliphatic carbocycles. The summed E-state index contributed by atoms with van der Waals surface area (Å²) in [6.45, 7) is 4.71. The summed E-state index contributed by atoms with van der Waals surface area (Å²) < 4.78 is 11.3. The Kier molecular flexibility index (Phi) is 4.35. The second-order valence-electron chi connectivity index (χ2n) is 4.95. The molecule has 0 saturated heterocycles. The van der Waals surface area contributed by atoms with E-state index < -0.39 is 0 Å². The number of nitrogens with one attached hydrogen (secondary N) is 1. The predicted molar refractivity (Wildman–Crippen MR) is 68.2 cm³/mol. The number of aromatic nitrogens is 2. The van der Waals surface area contributed by atoms with Gasteiger partial charge in [-0.1, -0.05) is 24.4 Å². The Hall–Kier alpha value is -0.940. The summed E-state index contributed by atoms with van der Waals surface area (Å²) in [5, 5.41) is 7.25. The molecule has 1 saturated carbocycles. The van der Waals surface area contributed by atoms with Crippen molar-refractivity contribution < 1.29 is 9.26 Å². The highest BCUT2D eigenvalue weighted by molar-refractivity contribution is 5.04. The minimum absolute atomic E-state index is 0.0773. The maximum atomic E-state index is 5.98. The molecule has 1 heterocycles. The molecule has 1 atom stereocenters. The average molecular weight is 253 g/mol. The van der Waals surface area contributed by atoms with E-state index in [9.17, 15) is 0 Å². The first kappa shape index (κ1) is 13.5. The molecule has 5 heteroatoms. The van der Waals surface area contributed by atoms with E-state index in [1.54, 1.807) is 0 Å². The van der Waals surface area contributed by atoms with Crippen LogP contribution in [0.15, 0.2) is 4.52 Å². The van der Waals surface area contributed by atoms with Crippen LogP contribution in [0.1, 0.15) is 63.7 Å². The van der Waals surface area contributed by atoms with Crippen molar-refractivity contribution in [3.05, 3.63) is 11.7 Å². The normalized spacial score (nSPS) is 20.8. The number of hydrogen-bond donors (Lipinski definition) is 1. The quantitative estimate of drug-likeness (QED) is 0.873. The van der Waals surface area contributed by atoms with Crippen molar-refractivity contribution in [2.45, 2.75) is 57.6 Å². The van der Waals surface area contributed by atoms with E-state index in [-0.39, 0.29) is 11.6 Å². The Morgan fingerprint density at radius 2 is 2.11 bits per heavy atom. The van der Waals surface area contributed by atoms with Crippen LogP contribution >= 0.6 is 0 Å². The zero-order valence-electron chi connectivity index (χ0n) is 11.5. The lowest BCUT2D eigenvalue weighted by molar-refractivity contribution is -0.0777. The van der Waals surface area contributed by atoms with Crippen LogP contribution in [-0.4, -0.2) is 23.8 Å². The van der Waals surface area contributed by atoms with Gasteiger partial charge < -0.3 is 14.6 Å². The topological polar surface area (TPSA) is 60.2 Å². The maximum Gasteiger partial charge on any atom is 0.243 e. The van der Waals surface area contributed by atoms with Crippen LogP contribution in [0.2, 0.25) is 0 Å². The second-order valence-corrected chi connectivity index (χ2v) is 4.95. The molecule has 0 spiro atoms. The van der Waals surface area contributed by atoms with Crippen LogP contribution < -0.4 is 5.32 Å². The molecule has 18 heavy (non-hydrogen) atoms. The number of ether oxygens (including phenoxy) is 1. The van der Waals surface area contributed by atoms with Crippen LogP contribution in [0.5, 0.6) is 0 Å². The monoisotopic (exact) mass is 253 g/mol. The van der Waals surface area contributed by atoms with Crippen molar-refractivity contribution in [1.29, 1.82) is 0 Å². The van der Waals surface area contributed by atoms with E-state index in [2.05, 4.69) is 15.5 Å². The second kappa shape index (κ2) is 5.80. The largest absolute Gasteiger partial charge is 0.367 e. The van der Waals surface area contributed by atoms with Gasteiger partial charge in [-0.3, -0.25) is 0 Å². The Labute approximate surface area is 108 Å². The van der Waals surface area contributed by atoms with Gasteiger partial charge in [0.25, 0.3) is 0 Å². The van der Waals surface area contributed by atoms with E-state index >= 15 is 0 Å². The van der Waals surface area contributed by atoms with Crippen LogP contribution in [0.4, 0.5) is 0 Å². The summed E-state index contributed by atoms with van der Waals surface area (Å²) in [5.41, 5.74) is -0.317. The first-order valence-electron chi connectivity index (χ1n) is 6.87. The molecule has 2 rings (SSSR count). The summed E-state index contributed by atoms with van der Waals surface area (Å²) in [7, 11) is 1.88. The van der Waals surface area contributed by atoms with Gasteiger partial charge in [0, 0.05) is 6.61 Å². The highest BCUT2D eigenvalue weighted by atomic mass is 16.5. The number of rotatable bonds is 5. The fourth-order valence-electron chi connectivity index (χ4n) is 2.55. The van der Waals surface area contributed by atoms with E-state index in [1.165, 1.54) is 19.3 Å². The van der Waals surface area contributed by atoms with Crippen molar-refractivity contribution in [2.24, 2.45) is 0 Å². The van der Waals surface area contributed by atoms with Crippen molar-refractivity contribution in [1.82, 2.24) is 15.5 Å². The van der Waals surface area contributed by atoms with E-state index in [4.69, 9.17) is 9.26 Å². The molecule has 102 valence electrons. The third-order valence-electron chi connectivity index (χ3n) is 3.73. The van der Waals surface area contributed by atoms with Gasteiger partial charge in [0.2, 0.25) is 11.7 Å². The van der Waals surface area contributed by atoms with Gasteiger partial charge in [-0.2, -0.15) is 4.98 Å². The van der Waals surface area contributed by atoms with Crippen LogP contribution in [-0.2, 0) is 10.3 Å². The molecule has 0 bridgehead atoms. The maximum absolute atomic E-state index is 5.98. The lowest BCUT2D eigenvalue weighted by Crippen LogP contribution is -2.33.